The minimum atomic E-state index is -0.966. The zero-order valence-electron chi connectivity index (χ0n) is 28.6. The number of phenols is 1. The van der Waals surface area contributed by atoms with Crippen molar-refractivity contribution in [3.8, 4) is 5.75 Å². The van der Waals surface area contributed by atoms with Gasteiger partial charge in [0.2, 0.25) is 0 Å². The summed E-state index contributed by atoms with van der Waals surface area (Å²) in [4.78, 5) is 64.3. The first-order chi connectivity index (χ1) is 22.9. The fourth-order valence-electron chi connectivity index (χ4n) is 5.20. The van der Waals surface area contributed by atoms with Crippen molar-refractivity contribution in [2.45, 2.75) is 52.7 Å². The normalized spacial score (nSPS) is 15.3. The molecule has 15 nitrogen and oxygen atoms in total. The molecule has 5 rings (SSSR count). The third-order valence-electron chi connectivity index (χ3n) is 7.63. The number of carbonyl (C=O) groups is 3. The van der Waals surface area contributed by atoms with Crippen molar-refractivity contribution < 1.29 is 38.3 Å². The number of benzene rings is 2. The lowest BCUT2D eigenvalue weighted by Crippen LogP contribution is -2.50. The molecule has 0 atom stereocenters. The Morgan fingerprint density at radius 2 is 1.27 bits per heavy atom. The summed E-state index contributed by atoms with van der Waals surface area (Å²) in [5, 5.41) is 21.0. The third-order valence-corrected chi connectivity index (χ3v) is 7.63. The lowest BCUT2D eigenvalue weighted by atomic mass is 10.1. The number of hydrogen-bond donors (Lipinski definition) is 1. The summed E-state index contributed by atoms with van der Waals surface area (Å²) in [5.74, 6) is -0.0221. The van der Waals surface area contributed by atoms with Gasteiger partial charge in [-0.05, 0) is 77.9 Å². The second-order valence-corrected chi connectivity index (χ2v) is 13.7. The fourth-order valence-corrected chi connectivity index (χ4v) is 5.20. The first-order valence-corrected chi connectivity index (χ1v) is 15.9. The van der Waals surface area contributed by atoms with Crippen LogP contribution in [0, 0.1) is 10.1 Å². The van der Waals surface area contributed by atoms with E-state index in [1.165, 1.54) is 12.1 Å². The van der Waals surface area contributed by atoms with Gasteiger partial charge in [-0.1, -0.05) is 0 Å². The van der Waals surface area contributed by atoms with Crippen LogP contribution in [0.1, 0.15) is 51.9 Å². The Hall–Kier alpha value is -5.34. The molecule has 2 saturated heterocycles. The van der Waals surface area contributed by atoms with Gasteiger partial charge < -0.3 is 38.6 Å². The van der Waals surface area contributed by atoms with E-state index in [4.69, 9.17) is 13.9 Å². The van der Waals surface area contributed by atoms with Gasteiger partial charge in [0.15, 0.2) is 6.29 Å². The van der Waals surface area contributed by atoms with E-state index in [1.807, 2.05) is 41.5 Å². The highest BCUT2D eigenvalue weighted by Gasteiger charge is 2.28. The van der Waals surface area contributed by atoms with E-state index in [0.29, 0.717) is 69.6 Å². The highest BCUT2D eigenvalue weighted by Crippen LogP contribution is 2.26. The number of nitrogens with zero attached hydrogens (tertiary/aromatic N) is 5. The van der Waals surface area contributed by atoms with E-state index in [0.717, 1.165) is 11.4 Å². The van der Waals surface area contributed by atoms with Gasteiger partial charge in [0.1, 0.15) is 22.5 Å². The topological polar surface area (TPSA) is 176 Å². The molecule has 0 saturated carbocycles. The molecule has 49 heavy (non-hydrogen) atoms. The Bertz CT molecular complexity index is 1740. The van der Waals surface area contributed by atoms with Crippen LogP contribution in [-0.4, -0.2) is 102 Å². The monoisotopic (exact) mass is 681 g/mol. The number of fused-ring (bicyclic) bond motifs is 1. The van der Waals surface area contributed by atoms with Crippen molar-refractivity contribution in [2.75, 3.05) is 62.2 Å². The number of piperazine rings is 2. The minimum Gasteiger partial charge on any atom is -0.507 e. The molecular formula is C34H43N5O10. The summed E-state index contributed by atoms with van der Waals surface area (Å²) < 4.78 is 15.8. The number of aldehydes is 1. The number of ether oxygens (including phenoxy) is 2. The molecule has 2 aliphatic heterocycles. The van der Waals surface area contributed by atoms with Crippen LogP contribution in [0.4, 0.5) is 26.7 Å². The number of phenolic OH excluding ortho intramolecular Hbond substituents is 1. The first-order valence-electron chi connectivity index (χ1n) is 15.9. The molecule has 264 valence electrons. The lowest BCUT2D eigenvalue weighted by Gasteiger charge is -2.36. The van der Waals surface area contributed by atoms with Gasteiger partial charge in [-0.3, -0.25) is 14.9 Å². The number of aromatic hydroxyl groups is 1. The standard InChI is InChI=1S/C18H21N3O6.C16H22N2O4/c1-18(2,3)27-17(23)20-8-6-19(7-9-20)13-4-5-15-12(10-13)11-14(21(24)25)16(22)26-15;1-16(2,3)22-15(21)18-8-6-17(7-9-18)13-4-5-14(20)12(10-13)11-19/h4-5,10-11H,6-9H2,1-3H3;4-5,10-11,20H,6-9H2,1-3H3. The summed E-state index contributed by atoms with van der Waals surface area (Å²) in [6.45, 7) is 15.7. The van der Waals surface area contributed by atoms with Crippen LogP contribution in [0.2, 0.25) is 0 Å². The predicted octanol–water partition coefficient (Wildman–Crippen LogP) is 5.02. The molecule has 3 heterocycles. The number of rotatable bonds is 4. The van der Waals surface area contributed by atoms with Crippen LogP contribution >= 0.6 is 0 Å². The summed E-state index contributed by atoms with van der Waals surface area (Å²) >= 11 is 0. The van der Waals surface area contributed by atoms with E-state index >= 15 is 0 Å². The van der Waals surface area contributed by atoms with E-state index in [-0.39, 0.29) is 23.5 Å². The molecule has 0 aliphatic carbocycles. The SMILES string of the molecule is CC(C)(C)OC(=O)N1CCN(c2ccc(O)c(C=O)c2)CC1.CC(C)(C)OC(=O)N1CCN(c2ccc3oc(=O)c([N+](=O)[O-])cc3c2)CC1. The number of carbonyl (C=O) groups excluding carboxylic acids is 3. The van der Waals surface area contributed by atoms with Gasteiger partial charge in [0, 0.05) is 75.2 Å². The van der Waals surface area contributed by atoms with Crippen LogP contribution < -0.4 is 15.4 Å². The average molecular weight is 682 g/mol. The Kier molecular flexibility index (Phi) is 11.0. The molecule has 0 radical (unpaired) electrons. The molecule has 2 amide bonds. The summed E-state index contributed by atoms with van der Waals surface area (Å²) in [5.41, 5.74) is -0.317. The molecule has 0 bridgehead atoms. The molecule has 0 spiro atoms. The van der Waals surface area contributed by atoms with Crippen LogP contribution in [-0.2, 0) is 9.47 Å². The van der Waals surface area contributed by atoms with Crippen LogP contribution in [0.5, 0.6) is 5.75 Å². The summed E-state index contributed by atoms with van der Waals surface area (Å²) in [6, 6.07) is 11.3. The van der Waals surface area contributed by atoms with Gasteiger partial charge in [0.05, 0.1) is 10.5 Å². The number of nitro groups is 1. The summed E-state index contributed by atoms with van der Waals surface area (Å²) in [6.07, 6.45) is -0.0000207. The second kappa shape index (κ2) is 14.8. The molecule has 15 heteroatoms. The maximum atomic E-state index is 12.1. The van der Waals surface area contributed by atoms with Gasteiger partial charge in [0.25, 0.3) is 0 Å². The molecule has 2 aliphatic rings. The zero-order valence-corrected chi connectivity index (χ0v) is 28.6. The van der Waals surface area contributed by atoms with Gasteiger partial charge >= 0.3 is 23.5 Å². The quantitative estimate of drug-likeness (QED) is 0.169. The first kappa shape index (κ1) is 36.5. The Morgan fingerprint density at radius 3 is 1.71 bits per heavy atom. The van der Waals surface area contributed by atoms with Crippen molar-refractivity contribution in [3.05, 3.63) is 68.6 Å². The van der Waals surface area contributed by atoms with E-state index in [9.17, 15) is 34.4 Å². The minimum absolute atomic E-state index is 0.0221. The highest BCUT2D eigenvalue weighted by atomic mass is 16.6. The van der Waals surface area contributed by atoms with Crippen molar-refractivity contribution in [3.63, 3.8) is 0 Å². The number of anilines is 2. The fraction of sp³-hybridized carbons (Fsp3) is 0.471. The maximum Gasteiger partial charge on any atom is 0.415 e. The van der Waals surface area contributed by atoms with Crippen molar-refractivity contribution in [1.29, 1.82) is 0 Å². The van der Waals surface area contributed by atoms with Crippen LogP contribution in [0.25, 0.3) is 11.0 Å². The number of amides is 2. The van der Waals surface area contributed by atoms with Crippen molar-refractivity contribution in [1.82, 2.24) is 9.80 Å². The van der Waals surface area contributed by atoms with E-state index < -0.39 is 27.4 Å². The van der Waals surface area contributed by atoms with Crippen LogP contribution in [0.3, 0.4) is 0 Å². The Balaban J connectivity index is 0.000000226. The molecule has 2 aromatic carbocycles. The van der Waals surface area contributed by atoms with Gasteiger partial charge in [-0.15, -0.1) is 0 Å². The zero-order chi connectivity index (χ0) is 36.1. The van der Waals surface area contributed by atoms with Gasteiger partial charge in [-0.2, -0.15) is 0 Å². The average Bonchev–Trinajstić information content (AvgIpc) is 3.03. The third kappa shape index (κ3) is 9.84. The van der Waals surface area contributed by atoms with Crippen molar-refractivity contribution >= 4 is 46.5 Å². The molecular weight excluding hydrogens is 638 g/mol. The molecule has 0 unspecified atom stereocenters. The lowest BCUT2D eigenvalue weighted by molar-refractivity contribution is -0.387. The highest BCUT2D eigenvalue weighted by molar-refractivity contribution is 5.83. The van der Waals surface area contributed by atoms with E-state index in [1.54, 1.807) is 40.1 Å². The van der Waals surface area contributed by atoms with Crippen molar-refractivity contribution in [2.24, 2.45) is 0 Å². The predicted molar refractivity (Wildman–Crippen MR) is 183 cm³/mol. The summed E-state index contributed by atoms with van der Waals surface area (Å²) in [7, 11) is 0. The molecule has 3 aromatic rings. The second-order valence-electron chi connectivity index (χ2n) is 13.7. The molecule has 1 aromatic heterocycles. The maximum absolute atomic E-state index is 12.1. The molecule has 1 N–H and O–H groups in total. The Labute approximate surface area is 283 Å². The number of hydrogen-bond acceptors (Lipinski definition) is 12. The largest absolute Gasteiger partial charge is 0.507 e. The van der Waals surface area contributed by atoms with Crippen LogP contribution in [0.15, 0.2) is 51.7 Å². The molecule has 2 fully saturated rings. The van der Waals surface area contributed by atoms with Gasteiger partial charge in [-0.25, -0.2) is 14.4 Å². The Morgan fingerprint density at radius 1 is 0.796 bits per heavy atom. The smallest absolute Gasteiger partial charge is 0.415 e. The van der Waals surface area contributed by atoms with E-state index in [2.05, 4.69) is 9.80 Å².